The van der Waals surface area contributed by atoms with Crippen LogP contribution >= 0.6 is 0 Å². The predicted molar refractivity (Wildman–Crippen MR) is 45.7 cm³/mol. The van der Waals surface area contributed by atoms with Crippen molar-refractivity contribution in [2.24, 2.45) is 0 Å². The summed E-state index contributed by atoms with van der Waals surface area (Å²) in [5.74, 6) is 0. The van der Waals surface area contributed by atoms with Crippen LogP contribution in [0.25, 0.3) is 0 Å². The number of nitrogens with zero attached hydrogens (tertiary/aromatic N) is 1. The Morgan fingerprint density at radius 1 is 1.50 bits per heavy atom. The van der Waals surface area contributed by atoms with E-state index in [0.29, 0.717) is 13.1 Å². The Morgan fingerprint density at radius 2 is 2.25 bits per heavy atom. The minimum atomic E-state index is -0.666. The number of aryl methyl sites for hydroxylation is 1. The minimum Gasteiger partial charge on any atom is -0.382 e. The number of pyridine rings is 1. The van der Waals surface area contributed by atoms with Crippen molar-refractivity contribution in [1.29, 1.82) is 0 Å². The molecule has 1 aromatic heterocycles. The van der Waals surface area contributed by atoms with Crippen molar-refractivity contribution < 1.29 is 5.11 Å². The lowest BCUT2D eigenvalue weighted by Gasteiger charge is -2.37. The number of aliphatic hydroxyl groups is 1. The molecule has 3 nitrogen and oxygen atoms in total. The third-order valence-electron chi connectivity index (χ3n) is 2.28. The first-order valence-electron chi connectivity index (χ1n) is 4.07. The summed E-state index contributed by atoms with van der Waals surface area (Å²) in [5, 5.41) is 12.9. The van der Waals surface area contributed by atoms with E-state index in [0.717, 1.165) is 11.3 Å². The Labute approximate surface area is 71.4 Å². The summed E-state index contributed by atoms with van der Waals surface area (Å²) >= 11 is 0. The first kappa shape index (κ1) is 7.71. The second kappa shape index (κ2) is 2.54. The van der Waals surface area contributed by atoms with Crippen molar-refractivity contribution in [3.63, 3.8) is 0 Å². The van der Waals surface area contributed by atoms with Crippen LogP contribution in [-0.4, -0.2) is 23.2 Å². The molecule has 0 radical (unpaired) electrons. The van der Waals surface area contributed by atoms with E-state index >= 15 is 0 Å². The maximum atomic E-state index is 9.87. The molecule has 2 N–H and O–H groups in total. The fourth-order valence-corrected chi connectivity index (χ4v) is 1.31. The van der Waals surface area contributed by atoms with Crippen LogP contribution in [0, 0.1) is 6.92 Å². The van der Waals surface area contributed by atoms with Crippen LogP contribution in [0.15, 0.2) is 18.3 Å². The molecule has 1 aliphatic heterocycles. The maximum absolute atomic E-state index is 9.87. The van der Waals surface area contributed by atoms with Crippen molar-refractivity contribution in [2.45, 2.75) is 12.5 Å². The van der Waals surface area contributed by atoms with Gasteiger partial charge < -0.3 is 10.4 Å². The quantitative estimate of drug-likeness (QED) is 0.622. The first-order chi connectivity index (χ1) is 5.71. The topological polar surface area (TPSA) is 45.1 Å². The highest BCUT2D eigenvalue weighted by Gasteiger charge is 2.36. The standard InChI is InChI=1S/C9H12N2O/c1-7-2-3-8(4-11-7)9(12)5-10-6-9/h2-4,10,12H,5-6H2,1H3. The van der Waals surface area contributed by atoms with Crippen LogP contribution in [0.3, 0.4) is 0 Å². The zero-order valence-corrected chi connectivity index (χ0v) is 7.04. The molecule has 12 heavy (non-hydrogen) atoms. The van der Waals surface area contributed by atoms with Crippen molar-refractivity contribution >= 4 is 0 Å². The van der Waals surface area contributed by atoms with Gasteiger partial charge in [-0.05, 0) is 13.0 Å². The second-order valence-corrected chi connectivity index (χ2v) is 3.32. The first-order valence-corrected chi connectivity index (χ1v) is 4.07. The molecule has 64 valence electrons. The zero-order chi connectivity index (χ0) is 8.60. The molecule has 2 rings (SSSR count). The Hall–Kier alpha value is -0.930. The molecule has 1 aromatic rings. The van der Waals surface area contributed by atoms with Gasteiger partial charge in [0.25, 0.3) is 0 Å². The third kappa shape index (κ3) is 1.11. The van der Waals surface area contributed by atoms with Crippen molar-refractivity contribution in [2.75, 3.05) is 13.1 Å². The Bertz CT molecular complexity index is 277. The van der Waals surface area contributed by atoms with Gasteiger partial charge in [0, 0.05) is 30.5 Å². The number of β-amino-alcohol motifs (C(OH)–C–C–N with tert-alkyl or cyclic N) is 1. The summed E-state index contributed by atoms with van der Waals surface area (Å²) in [6, 6.07) is 3.86. The molecule has 1 fully saturated rings. The van der Waals surface area contributed by atoms with E-state index in [9.17, 15) is 5.11 Å². The van der Waals surface area contributed by atoms with Gasteiger partial charge in [0.1, 0.15) is 5.60 Å². The van der Waals surface area contributed by atoms with Gasteiger partial charge in [-0.3, -0.25) is 4.98 Å². The summed E-state index contributed by atoms with van der Waals surface area (Å²) in [6.45, 7) is 3.21. The molecule has 0 spiro atoms. The van der Waals surface area contributed by atoms with Crippen LogP contribution in [0.2, 0.25) is 0 Å². The summed E-state index contributed by atoms with van der Waals surface area (Å²) in [5.41, 5.74) is 1.22. The summed E-state index contributed by atoms with van der Waals surface area (Å²) in [4.78, 5) is 4.14. The van der Waals surface area contributed by atoms with Crippen molar-refractivity contribution in [1.82, 2.24) is 10.3 Å². The number of nitrogens with one attached hydrogen (secondary N) is 1. The van der Waals surface area contributed by atoms with E-state index < -0.39 is 5.60 Å². The van der Waals surface area contributed by atoms with Gasteiger partial charge >= 0.3 is 0 Å². The largest absolute Gasteiger partial charge is 0.382 e. The Morgan fingerprint density at radius 3 is 2.67 bits per heavy atom. The van der Waals surface area contributed by atoms with E-state index in [4.69, 9.17) is 0 Å². The summed E-state index contributed by atoms with van der Waals surface area (Å²) in [7, 11) is 0. The van der Waals surface area contributed by atoms with Gasteiger partial charge in [-0.25, -0.2) is 0 Å². The van der Waals surface area contributed by atoms with E-state index in [2.05, 4.69) is 10.3 Å². The van der Waals surface area contributed by atoms with Gasteiger partial charge in [0.15, 0.2) is 0 Å². The maximum Gasteiger partial charge on any atom is 0.116 e. The Balaban J connectivity index is 2.28. The second-order valence-electron chi connectivity index (χ2n) is 3.32. The molecular formula is C9H12N2O. The average Bonchev–Trinajstić information content (AvgIpc) is 2.02. The molecular weight excluding hydrogens is 152 g/mol. The molecule has 0 saturated carbocycles. The molecule has 0 atom stereocenters. The molecule has 1 aliphatic rings. The lowest BCUT2D eigenvalue weighted by Crippen LogP contribution is -2.56. The fraction of sp³-hybridized carbons (Fsp3) is 0.444. The third-order valence-corrected chi connectivity index (χ3v) is 2.28. The molecule has 2 heterocycles. The van der Waals surface area contributed by atoms with E-state index in [1.165, 1.54) is 0 Å². The molecule has 0 bridgehead atoms. The van der Waals surface area contributed by atoms with Crippen LogP contribution in [0.4, 0.5) is 0 Å². The zero-order valence-electron chi connectivity index (χ0n) is 7.04. The van der Waals surface area contributed by atoms with Crippen LogP contribution in [0.1, 0.15) is 11.3 Å². The van der Waals surface area contributed by atoms with Gasteiger partial charge in [-0.2, -0.15) is 0 Å². The van der Waals surface area contributed by atoms with Crippen LogP contribution in [0.5, 0.6) is 0 Å². The molecule has 0 amide bonds. The van der Waals surface area contributed by atoms with Gasteiger partial charge in [-0.1, -0.05) is 6.07 Å². The average molecular weight is 164 g/mol. The monoisotopic (exact) mass is 164 g/mol. The van der Waals surface area contributed by atoms with Crippen molar-refractivity contribution in [3.8, 4) is 0 Å². The lowest BCUT2D eigenvalue weighted by atomic mass is 9.89. The molecule has 0 unspecified atom stereocenters. The van der Waals surface area contributed by atoms with Gasteiger partial charge in [0.2, 0.25) is 0 Å². The lowest BCUT2D eigenvalue weighted by molar-refractivity contribution is -0.0149. The van der Waals surface area contributed by atoms with Crippen LogP contribution < -0.4 is 5.32 Å². The number of rotatable bonds is 1. The highest BCUT2D eigenvalue weighted by molar-refractivity contribution is 5.24. The molecule has 0 aliphatic carbocycles. The van der Waals surface area contributed by atoms with Crippen molar-refractivity contribution in [3.05, 3.63) is 29.6 Å². The van der Waals surface area contributed by atoms with Gasteiger partial charge in [-0.15, -0.1) is 0 Å². The highest BCUT2D eigenvalue weighted by atomic mass is 16.3. The highest BCUT2D eigenvalue weighted by Crippen LogP contribution is 2.24. The van der Waals surface area contributed by atoms with Crippen LogP contribution in [-0.2, 0) is 5.60 Å². The molecule has 0 aromatic carbocycles. The number of hydrogen-bond acceptors (Lipinski definition) is 3. The number of aromatic nitrogens is 1. The van der Waals surface area contributed by atoms with E-state index in [1.807, 2.05) is 19.1 Å². The summed E-state index contributed by atoms with van der Waals surface area (Å²) < 4.78 is 0. The predicted octanol–water partition coefficient (Wildman–Crippen LogP) is 0.181. The minimum absolute atomic E-state index is 0.637. The molecule has 1 saturated heterocycles. The molecule has 3 heteroatoms. The smallest absolute Gasteiger partial charge is 0.116 e. The normalized spacial score (nSPS) is 20.2. The fourth-order valence-electron chi connectivity index (χ4n) is 1.31. The number of hydrogen-bond donors (Lipinski definition) is 2. The van der Waals surface area contributed by atoms with E-state index in [1.54, 1.807) is 6.20 Å². The SMILES string of the molecule is Cc1ccc(C2(O)CNC2)cn1. The summed E-state index contributed by atoms with van der Waals surface area (Å²) in [6.07, 6.45) is 1.75. The van der Waals surface area contributed by atoms with E-state index in [-0.39, 0.29) is 0 Å². The van der Waals surface area contributed by atoms with Gasteiger partial charge in [0.05, 0.1) is 0 Å². The Kier molecular flexibility index (Phi) is 1.63.